The summed E-state index contributed by atoms with van der Waals surface area (Å²) in [5.41, 5.74) is 0.769. The van der Waals surface area contributed by atoms with E-state index in [2.05, 4.69) is 0 Å². The molecule has 2 aromatic rings. The molecule has 2 aromatic carbocycles. The van der Waals surface area contributed by atoms with Gasteiger partial charge < -0.3 is 23.7 Å². The molecule has 0 atom stereocenters. The first-order valence-corrected chi connectivity index (χ1v) is 9.63. The van der Waals surface area contributed by atoms with Crippen molar-refractivity contribution in [1.82, 2.24) is 0 Å². The highest BCUT2D eigenvalue weighted by molar-refractivity contribution is 5.94. The topological polar surface area (TPSA) is 80.3 Å². The molecule has 7 heteroatoms. The summed E-state index contributed by atoms with van der Waals surface area (Å²) in [5.74, 6) is 0.676. The minimum Gasteiger partial charge on any atom is -0.496 e. The van der Waals surface area contributed by atoms with Crippen LogP contribution in [0.5, 0.6) is 17.2 Å². The Balaban J connectivity index is 2.29. The molecule has 0 aromatic heterocycles. The van der Waals surface area contributed by atoms with Crippen LogP contribution < -0.4 is 14.2 Å². The van der Waals surface area contributed by atoms with Gasteiger partial charge in [0.25, 0.3) is 0 Å². The van der Waals surface area contributed by atoms with Crippen LogP contribution in [0.15, 0.2) is 48.0 Å². The second kappa shape index (κ2) is 10.5. The number of esters is 2. The molecule has 2 rings (SSSR count). The van der Waals surface area contributed by atoms with Gasteiger partial charge in [0.15, 0.2) is 0 Å². The first-order chi connectivity index (χ1) is 14.6. The molecule has 0 bridgehead atoms. The van der Waals surface area contributed by atoms with Gasteiger partial charge in [0, 0.05) is 18.2 Å². The predicted molar refractivity (Wildman–Crippen MR) is 117 cm³/mol. The molecule has 0 aliphatic rings. The molecule has 7 nitrogen and oxygen atoms in total. The van der Waals surface area contributed by atoms with E-state index in [1.165, 1.54) is 7.11 Å². The van der Waals surface area contributed by atoms with Crippen LogP contribution in [0.1, 0.15) is 36.7 Å². The zero-order valence-corrected chi connectivity index (χ0v) is 18.7. The minimum absolute atomic E-state index is 0.0377. The maximum absolute atomic E-state index is 12.8. The molecule has 0 radical (unpaired) electrons. The van der Waals surface area contributed by atoms with Crippen LogP contribution in [0.2, 0.25) is 0 Å². The number of carbonyl (C=O) groups excluding carboxylic acids is 2. The van der Waals surface area contributed by atoms with Gasteiger partial charge in [-0.05, 0) is 44.5 Å². The lowest BCUT2D eigenvalue weighted by molar-refractivity contribution is -0.150. The normalized spacial score (nSPS) is 11.5. The third-order valence-corrected chi connectivity index (χ3v) is 4.05. The summed E-state index contributed by atoms with van der Waals surface area (Å²) in [7, 11) is 4.41. The van der Waals surface area contributed by atoms with Crippen molar-refractivity contribution in [2.45, 2.75) is 26.4 Å². The fourth-order valence-electron chi connectivity index (χ4n) is 2.56. The molecule has 0 saturated heterocycles. The number of ether oxygens (including phenoxy) is 5. The molecule has 31 heavy (non-hydrogen) atoms. The van der Waals surface area contributed by atoms with E-state index in [1.807, 2.05) is 0 Å². The molecule has 0 aliphatic heterocycles. The van der Waals surface area contributed by atoms with Crippen molar-refractivity contribution in [2.75, 3.05) is 27.9 Å². The summed E-state index contributed by atoms with van der Waals surface area (Å²) >= 11 is 0. The van der Waals surface area contributed by atoms with E-state index in [9.17, 15) is 9.59 Å². The smallest absolute Gasteiger partial charge is 0.338 e. The van der Waals surface area contributed by atoms with Crippen LogP contribution in [0.3, 0.4) is 0 Å². The Kier molecular flexibility index (Phi) is 8.07. The maximum Gasteiger partial charge on any atom is 0.338 e. The quantitative estimate of drug-likeness (QED) is 0.458. The average molecular weight is 428 g/mol. The molecule has 0 aliphatic carbocycles. The van der Waals surface area contributed by atoms with Crippen molar-refractivity contribution in [3.63, 3.8) is 0 Å². The summed E-state index contributed by atoms with van der Waals surface area (Å²) in [6, 6.07) is 11.8. The summed E-state index contributed by atoms with van der Waals surface area (Å²) in [6.45, 7) is 5.34. The van der Waals surface area contributed by atoms with Gasteiger partial charge in [-0.15, -0.1) is 0 Å². The maximum atomic E-state index is 12.8. The number of hydrogen-bond donors (Lipinski definition) is 0. The highest BCUT2D eigenvalue weighted by atomic mass is 16.6. The Labute approximate surface area is 182 Å². The first kappa shape index (κ1) is 23.8. The minimum atomic E-state index is -0.663. The van der Waals surface area contributed by atoms with Crippen LogP contribution in [-0.2, 0) is 14.3 Å². The summed E-state index contributed by atoms with van der Waals surface area (Å²) in [5, 5.41) is 0. The molecule has 0 amide bonds. The van der Waals surface area contributed by atoms with Gasteiger partial charge in [-0.1, -0.05) is 12.1 Å². The molecule has 0 fully saturated rings. The Bertz CT molecular complexity index is 915. The van der Waals surface area contributed by atoms with E-state index in [4.69, 9.17) is 23.7 Å². The second-order valence-corrected chi connectivity index (χ2v) is 7.62. The lowest BCUT2D eigenvalue weighted by atomic mass is 10.1. The monoisotopic (exact) mass is 428 g/mol. The predicted octanol–water partition coefficient (Wildman–Crippen LogP) is 4.29. The van der Waals surface area contributed by atoms with Gasteiger partial charge in [0.1, 0.15) is 29.5 Å². The Morgan fingerprint density at radius 3 is 1.90 bits per heavy atom. The number of carbonyl (C=O) groups is 2. The molecule has 0 N–H and O–H groups in total. The van der Waals surface area contributed by atoms with Crippen molar-refractivity contribution in [1.29, 1.82) is 0 Å². The fraction of sp³-hybridized carbons (Fsp3) is 0.333. The van der Waals surface area contributed by atoms with Gasteiger partial charge in [-0.2, -0.15) is 0 Å². The third-order valence-electron chi connectivity index (χ3n) is 4.05. The van der Waals surface area contributed by atoms with Gasteiger partial charge in [0.2, 0.25) is 0 Å². The molecule has 166 valence electrons. The van der Waals surface area contributed by atoms with Crippen molar-refractivity contribution in [3.05, 3.63) is 59.2 Å². The highest BCUT2D eigenvalue weighted by Crippen LogP contribution is 2.28. The SMILES string of the molecule is COC(=O)c1ccc(/C=C(\COc2cc(OC)cc(OC)c2)C(=O)OC(C)(C)C)cc1. The first-order valence-electron chi connectivity index (χ1n) is 9.63. The van der Waals surface area contributed by atoms with Crippen molar-refractivity contribution in [2.24, 2.45) is 0 Å². The number of benzene rings is 2. The third kappa shape index (κ3) is 7.37. The van der Waals surface area contributed by atoms with E-state index in [0.29, 0.717) is 33.9 Å². The molecular formula is C24H28O7. The van der Waals surface area contributed by atoms with Crippen molar-refractivity contribution < 1.29 is 33.3 Å². The summed E-state index contributed by atoms with van der Waals surface area (Å²) in [4.78, 5) is 24.4. The standard InChI is InChI=1S/C24H28O7/c1-24(2,3)31-23(26)18(11-16-7-9-17(10-8-16)22(25)29-6)15-30-21-13-19(27-4)12-20(14-21)28-5/h7-14H,15H2,1-6H3/b18-11+. The molecular weight excluding hydrogens is 400 g/mol. The molecule has 0 unspecified atom stereocenters. The summed E-state index contributed by atoms with van der Waals surface area (Å²) < 4.78 is 26.6. The van der Waals surface area contributed by atoms with Crippen LogP contribution in [0, 0.1) is 0 Å². The molecule has 0 spiro atoms. The van der Waals surface area contributed by atoms with Gasteiger partial charge in [0.05, 0.1) is 32.5 Å². The van der Waals surface area contributed by atoms with Gasteiger partial charge in [-0.3, -0.25) is 0 Å². The van der Waals surface area contributed by atoms with E-state index in [-0.39, 0.29) is 6.61 Å². The van der Waals surface area contributed by atoms with E-state index >= 15 is 0 Å². The Morgan fingerprint density at radius 2 is 1.42 bits per heavy atom. The number of hydrogen-bond acceptors (Lipinski definition) is 7. The molecule has 0 saturated carbocycles. The van der Waals surface area contributed by atoms with Crippen LogP contribution in [0.25, 0.3) is 6.08 Å². The van der Waals surface area contributed by atoms with Crippen LogP contribution >= 0.6 is 0 Å². The number of rotatable bonds is 8. The van der Waals surface area contributed by atoms with Crippen molar-refractivity contribution >= 4 is 18.0 Å². The Hall–Kier alpha value is -3.48. The zero-order chi connectivity index (χ0) is 23.0. The number of methoxy groups -OCH3 is 3. The summed E-state index contributed by atoms with van der Waals surface area (Å²) in [6.07, 6.45) is 1.66. The van der Waals surface area contributed by atoms with Gasteiger partial charge in [-0.25, -0.2) is 9.59 Å². The lowest BCUT2D eigenvalue weighted by Crippen LogP contribution is -2.26. The van der Waals surface area contributed by atoms with Crippen molar-refractivity contribution in [3.8, 4) is 17.2 Å². The van der Waals surface area contributed by atoms with Crippen LogP contribution in [0.4, 0.5) is 0 Å². The van der Waals surface area contributed by atoms with E-state index < -0.39 is 17.5 Å². The molecule has 0 heterocycles. The Morgan fingerprint density at radius 1 is 0.871 bits per heavy atom. The highest BCUT2D eigenvalue weighted by Gasteiger charge is 2.21. The average Bonchev–Trinajstić information content (AvgIpc) is 2.74. The van der Waals surface area contributed by atoms with Crippen LogP contribution in [-0.4, -0.2) is 45.5 Å². The lowest BCUT2D eigenvalue weighted by Gasteiger charge is -2.21. The van der Waals surface area contributed by atoms with Gasteiger partial charge >= 0.3 is 11.9 Å². The second-order valence-electron chi connectivity index (χ2n) is 7.62. The largest absolute Gasteiger partial charge is 0.496 e. The van der Waals surface area contributed by atoms with E-state index in [0.717, 1.165) is 0 Å². The fourth-order valence-corrected chi connectivity index (χ4v) is 2.56. The zero-order valence-electron chi connectivity index (χ0n) is 18.7. The van der Waals surface area contributed by atoms with E-state index in [1.54, 1.807) is 83.5 Å².